The predicted octanol–water partition coefficient (Wildman–Crippen LogP) is 2.49. The minimum absolute atomic E-state index is 0.0382. The molecule has 1 atom stereocenters. The summed E-state index contributed by atoms with van der Waals surface area (Å²) in [6.07, 6.45) is -0.116. The van der Waals surface area contributed by atoms with Crippen molar-refractivity contribution in [1.29, 1.82) is 0 Å². The second-order valence-corrected chi connectivity index (χ2v) is 8.44. The van der Waals surface area contributed by atoms with Crippen molar-refractivity contribution in [2.75, 3.05) is 0 Å². The van der Waals surface area contributed by atoms with Crippen LogP contribution in [0.1, 0.15) is 51.6 Å². The molecule has 0 saturated heterocycles. The van der Waals surface area contributed by atoms with E-state index < -0.39 is 5.97 Å². The Kier molecular flexibility index (Phi) is 6.46. The Labute approximate surface area is 163 Å². The molecule has 1 amide bonds. The van der Waals surface area contributed by atoms with Gasteiger partial charge in [0.15, 0.2) is 0 Å². The molecular formula is C18H27N5O3S. The van der Waals surface area contributed by atoms with Crippen LogP contribution in [-0.4, -0.2) is 58.8 Å². The molecule has 0 bridgehead atoms. The standard InChI is InChI=1S/C18H27N5O3S/c1-9(2)22(10(3)4)16(26)13(7)27-18-20-17-19-11(5)14(8-15(24)25)12(6)23(17)21-18/h9-10,13H,8H2,1-7H3,(H,24,25). The van der Waals surface area contributed by atoms with Gasteiger partial charge in [0.2, 0.25) is 11.1 Å². The zero-order valence-electron chi connectivity index (χ0n) is 16.8. The number of aromatic nitrogens is 4. The number of carboxylic acids is 1. The monoisotopic (exact) mass is 393 g/mol. The van der Waals surface area contributed by atoms with Gasteiger partial charge in [-0.3, -0.25) is 9.59 Å². The van der Waals surface area contributed by atoms with Crippen molar-refractivity contribution in [3.05, 3.63) is 17.0 Å². The largest absolute Gasteiger partial charge is 0.481 e. The van der Waals surface area contributed by atoms with Gasteiger partial charge >= 0.3 is 5.97 Å². The van der Waals surface area contributed by atoms with Crippen LogP contribution in [0.15, 0.2) is 5.16 Å². The van der Waals surface area contributed by atoms with Crippen LogP contribution in [0, 0.1) is 13.8 Å². The number of aliphatic carboxylic acids is 1. The summed E-state index contributed by atoms with van der Waals surface area (Å²) >= 11 is 1.28. The second kappa shape index (κ2) is 8.24. The highest BCUT2D eigenvalue weighted by atomic mass is 32.2. The molecular weight excluding hydrogens is 366 g/mol. The van der Waals surface area contributed by atoms with E-state index in [1.807, 2.05) is 39.5 Å². The number of carbonyl (C=O) groups is 2. The first-order valence-electron chi connectivity index (χ1n) is 8.96. The highest BCUT2D eigenvalue weighted by Gasteiger charge is 2.27. The summed E-state index contributed by atoms with van der Waals surface area (Å²) in [4.78, 5) is 34.5. The molecule has 0 aromatic carbocycles. The maximum Gasteiger partial charge on any atom is 0.307 e. The van der Waals surface area contributed by atoms with Crippen molar-refractivity contribution < 1.29 is 14.7 Å². The second-order valence-electron chi connectivity index (χ2n) is 7.13. The first-order chi connectivity index (χ1) is 12.5. The Morgan fingerprint density at radius 3 is 2.22 bits per heavy atom. The first-order valence-corrected chi connectivity index (χ1v) is 9.84. The van der Waals surface area contributed by atoms with E-state index in [1.54, 1.807) is 18.4 Å². The maximum absolute atomic E-state index is 12.8. The van der Waals surface area contributed by atoms with Gasteiger partial charge in [0.05, 0.1) is 11.7 Å². The molecule has 0 fully saturated rings. The fourth-order valence-electron chi connectivity index (χ4n) is 3.17. The van der Waals surface area contributed by atoms with Crippen LogP contribution < -0.4 is 0 Å². The van der Waals surface area contributed by atoms with Crippen molar-refractivity contribution in [1.82, 2.24) is 24.5 Å². The molecule has 0 aliphatic carbocycles. The molecule has 2 heterocycles. The van der Waals surface area contributed by atoms with Crippen molar-refractivity contribution in [2.24, 2.45) is 0 Å². The molecule has 2 rings (SSSR count). The van der Waals surface area contributed by atoms with Crippen molar-refractivity contribution >= 4 is 29.4 Å². The Balaban J connectivity index is 2.31. The summed E-state index contributed by atoms with van der Waals surface area (Å²) in [6.45, 7) is 13.4. The van der Waals surface area contributed by atoms with E-state index in [4.69, 9.17) is 5.11 Å². The Bertz CT molecular complexity index is 854. The third-order valence-corrected chi connectivity index (χ3v) is 5.29. The lowest BCUT2D eigenvalue weighted by Gasteiger charge is -2.32. The average Bonchev–Trinajstić information content (AvgIpc) is 2.92. The highest BCUT2D eigenvalue weighted by molar-refractivity contribution is 8.00. The van der Waals surface area contributed by atoms with Gasteiger partial charge in [-0.1, -0.05) is 11.8 Å². The van der Waals surface area contributed by atoms with E-state index in [1.165, 1.54) is 11.8 Å². The summed E-state index contributed by atoms with van der Waals surface area (Å²) in [7, 11) is 0. The molecule has 148 valence electrons. The molecule has 0 radical (unpaired) electrons. The van der Waals surface area contributed by atoms with E-state index in [0.29, 0.717) is 27.9 Å². The van der Waals surface area contributed by atoms with Crippen LogP contribution in [0.25, 0.3) is 5.78 Å². The quantitative estimate of drug-likeness (QED) is 0.721. The lowest BCUT2D eigenvalue weighted by Crippen LogP contribution is -2.45. The number of aryl methyl sites for hydroxylation is 2. The van der Waals surface area contributed by atoms with Gasteiger partial charge in [-0.15, -0.1) is 5.10 Å². The van der Waals surface area contributed by atoms with Gasteiger partial charge in [-0.25, -0.2) is 9.50 Å². The fraction of sp³-hybridized carbons (Fsp3) is 0.611. The average molecular weight is 394 g/mol. The minimum Gasteiger partial charge on any atom is -0.481 e. The zero-order valence-corrected chi connectivity index (χ0v) is 17.7. The molecule has 1 N–H and O–H groups in total. The number of carboxylic acid groups (broad SMARTS) is 1. The summed E-state index contributed by atoms with van der Waals surface area (Å²) in [6, 6.07) is 0.222. The SMILES string of the molecule is Cc1nc2nc(SC(C)C(=O)N(C(C)C)C(C)C)nn2c(C)c1CC(=O)O. The molecule has 0 saturated carbocycles. The number of hydrogen-bond acceptors (Lipinski definition) is 6. The number of rotatable bonds is 7. The molecule has 0 spiro atoms. The van der Waals surface area contributed by atoms with Crippen LogP contribution in [0.5, 0.6) is 0 Å². The lowest BCUT2D eigenvalue weighted by atomic mass is 10.1. The number of thioether (sulfide) groups is 1. The summed E-state index contributed by atoms with van der Waals surface area (Å²) in [5, 5.41) is 13.6. The number of carbonyl (C=O) groups excluding carboxylic acids is 1. The summed E-state index contributed by atoms with van der Waals surface area (Å²) < 4.78 is 1.55. The van der Waals surface area contributed by atoms with Gasteiger partial charge in [0.1, 0.15) is 0 Å². The molecule has 2 aromatic heterocycles. The molecule has 0 aliphatic rings. The first kappa shape index (κ1) is 21.1. The Hall–Kier alpha value is -2.16. The van der Waals surface area contributed by atoms with E-state index in [2.05, 4.69) is 15.1 Å². The number of fused-ring (bicyclic) bond motifs is 1. The molecule has 8 nitrogen and oxygen atoms in total. The van der Waals surface area contributed by atoms with Crippen molar-refractivity contribution in [2.45, 2.75) is 77.4 Å². The smallest absolute Gasteiger partial charge is 0.307 e. The fourth-order valence-corrected chi connectivity index (χ4v) is 3.97. The van der Waals surface area contributed by atoms with Crippen LogP contribution in [0.2, 0.25) is 0 Å². The van der Waals surface area contributed by atoms with Crippen LogP contribution in [0.4, 0.5) is 0 Å². The highest BCUT2D eigenvalue weighted by Crippen LogP contribution is 2.24. The molecule has 2 aromatic rings. The Morgan fingerprint density at radius 1 is 1.11 bits per heavy atom. The van der Waals surface area contributed by atoms with Gasteiger partial charge in [0.25, 0.3) is 5.78 Å². The topological polar surface area (TPSA) is 101 Å². The van der Waals surface area contributed by atoms with Gasteiger partial charge in [0, 0.05) is 29.0 Å². The van der Waals surface area contributed by atoms with E-state index in [9.17, 15) is 9.59 Å². The van der Waals surface area contributed by atoms with Crippen LogP contribution >= 0.6 is 11.8 Å². The van der Waals surface area contributed by atoms with Crippen molar-refractivity contribution in [3.8, 4) is 0 Å². The predicted molar refractivity (Wildman–Crippen MR) is 104 cm³/mol. The third-order valence-electron chi connectivity index (χ3n) is 4.35. The third kappa shape index (κ3) is 4.58. The molecule has 27 heavy (non-hydrogen) atoms. The van der Waals surface area contributed by atoms with E-state index >= 15 is 0 Å². The number of amides is 1. The van der Waals surface area contributed by atoms with E-state index in [0.717, 1.165) is 0 Å². The maximum atomic E-state index is 12.8. The summed E-state index contributed by atoms with van der Waals surface area (Å²) in [5.74, 6) is -0.471. The zero-order chi connectivity index (χ0) is 20.5. The van der Waals surface area contributed by atoms with Gasteiger partial charge < -0.3 is 10.0 Å². The summed E-state index contributed by atoms with van der Waals surface area (Å²) in [5.41, 5.74) is 1.96. The minimum atomic E-state index is -0.918. The van der Waals surface area contributed by atoms with E-state index in [-0.39, 0.29) is 29.7 Å². The van der Waals surface area contributed by atoms with Gasteiger partial charge in [-0.05, 0) is 48.5 Å². The van der Waals surface area contributed by atoms with Crippen molar-refractivity contribution in [3.63, 3.8) is 0 Å². The lowest BCUT2D eigenvalue weighted by molar-refractivity contribution is -0.136. The number of hydrogen-bond donors (Lipinski definition) is 1. The molecule has 0 aliphatic heterocycles. The van der Waals surface area contributed by atoms with Gasteiger partial charge in [-0.2, -0.15) is 4.98 Å². The normalized spacial score (nSPS) is 12.8. The van der Waals surface area contributed by atoms with Crippen LogP contribution in [0.3, 0.4) is 0 Å². The number of nitrogens with zero attached hydrogens (tertiary/aromatic N) is 5. The Morgan fingerprint density at radius 2 is 1.70 bits per heavy atom. The molecule has 1 unspecified atom stereocenters. The molecule has 9 heteroatoms. The van der Waals surface area contributed by atoms with Crippen LogP contribution in [-0.2, 0) is 16.0 Å².